The summed E-state index contributed by atoms with van der Waals surface area (Å²) in [7, 11) is 3.14. The minimum Gasteiger partial charge on any atom is -0.496 e. The normalized spacial score (nSPS) is 17.9. The van der Waals surface area contributed by atoms with Gasteiger partial charge in [-0.2, -0.15) is 0 Å². The van der Waals surface area contributed by atoms with Gasteiger partial charge in [0.2, 0.25) is 11.7 Å². The molecule has 1 aromatic heterocycles. The number of methoxy groups -OCH3 is 2. The van der Waals surface area contributed by atoms with Crippen LogP contribution in [0.1, 0.15) is 28.6 Å². The number of nitrogens with zero attached hydrogens (tertiary/aromatic N) is 1. The molecule has 0 spiro atoms. The second kappa shape index (κ2) is 9.15. The van der Waals surface area contributed by atoms with Crippen molar-refractivity contribution in [2.75, 3.05) is 34.0 Å². The summed E-state index contributed by atoms with van der Waals surface area (Å²) in [5, 5.41) is 3.65. The highest BCUT2D eigenvalue weighted by Gasteiger charge is 2.47. The van der Waals surface area contributed by atoms with Crippen molar-refractivity contribution in [3.63, 3.8) is 0 Å². The number of rotatable bonds is 7. The first kappa shape index (κ1) is 22.7. The summed E-state index contributed by atoms with van der Waals surface area (Å²) in [5.74, 6) is 0.375. The average Bonchev–Trinajstić information content (AvgIpc) is 3.15. The predicted octanol–water partition coefficient (Wildman–Crippen LogP) is 3.31. The lowest BCUT2D eigenvalue weighted by atomic mass is 9.99. The molecular weight excluding hydrogens is 424 g/mol. The molecule has 4 rings (SSSR count). The summed E-state index contributed by atoms with van der Waals surface area (Å²) in [4.78, 5) is 28.5. The number of para-hydroxylation sites is 1. The number of carbonyl (C=O) groups is 2. The van der Waals surface area contributed by atoms with Gasteiger partial charge < -0.3 is 28.8 Å². The molecule has 1 atom stereocenters. The van der Waals surface area contributed by atoms with Crippen molar-refractivity contribution in [1.82, 2.24) is 10.2 Å². The fraction of sp³-hybridized carbons (Fsp3) is 0.360. The van der Waals surface area contributed by atoms with E-state index in [1.165, 1.54) is 4.90 Å². The van der Waals surface area contributed by atoms with Crippen LogP contribution in [0.5, 0.6) is 11.5 Å². The van der Waals surface area contributed by atoms with Gasteiger partial charge in [0, 0.05) is 25.8 Å². The molecule has 33 heavy (non-hydrogen) atoms. The quantitative estimate of drug-likeness (QED) is 0.592. The van der Waals surface area contributed by atoms with Crippen LogP contribution < -0.4 is 14.8 Å². The van der Waals surface area contributed by atoms with Crippen molar-refractivity contribution in [2.45, 2.75) is 25.9 Å². The van der Waals surface area contributed by atoms with Crippen molar-refractivity contribution in [3.05, 3.63) is 59.4 Å². The minimum atomic E-state index is -1.28. The molecular formula is C25H28N2O6. The summed E-state index contributed by atoms with van der Waals surface area (Å²) in [5.41, 5.74) is 1.17. The van der Waals surface area contributed by atoms with E-state index < -0.39 is 11.4 Å². The molecule has 0 saturated carbocycles. The number of hydrogen-bond donors (Lipinski definition) is 1. The van der Waals surface area contributed by atoms with Crippen molar-refractivity contribution < 1.29 is 28.2 Å². The Kier molecular flexibility index (Phi) is 6.29. The lowest BCUT2D eigenvalue weighted by molar-refractivity contribution is -0.133. The van der Waals surface area contributed by atoms with Gasteiger partial charge in [-0.05, 0) is 37.6 Å². The van der Waals surface area contributed by atoms with Crippen LogP contribution in [-0.2, 0) is 16.1 Å². The number of nitrogens with one attached hydrogen (secondary N) is 1. The number of fused-ring (bicyclic) bond motifs is 3. The Balaban J connectivity index is 1.64. The molecule has 0 radical (unpaired) electrons. The smallest absolute Gasteiger partial charge is 0.294 e. The number of furan rings is 1. The highest BCUT2D eigenvalue weighted by atomic mass is 16.5. The molecule has 8 nitrogen and oxygen atoms in total. The third-order valence-electron chi connectivity index (χ3n) is 5.97. The van der Waals surface area contributed by atoms with Gasteiger partial charge in [0.15, 0.2) is 11.3 Å². The van der Waals surface area contributed by atoms with E-state index in [1.54, 1.807) is 27.2 Å². The summed E-state index contributed by atoms with van der Waals surface area (Å²) < 4.78 is 22.5. The number of aryl methyl sites for hydroxylation is 1. The van der Waals surface area contributed by atoms with Crippen molar-refractivity contribution >= 4 is 22.8 Å². The maximum Gasteiger partial charge on any atom is 0.294 e. The molecule has 1 N–H and O–H groups in total. The molecule has 8 heteroatoms. The lowest BCUT2D eigenvalue weighted by Crippen LogP contribution is -2.61. The van der Waals surface area contributed by atoms with Gasteiger partial charge >= 0.3 is 0 Å². The standard InChI is InChI=1S/C25H28N2O6/c1-16-9-10-17(20(13-16)31-4)14-26-24(29)25(2)15-32-21-18-7-5-6-8-19(18)33-22(21)23(28)27(25)11-12-30-3/h5-10,13H,11-12,14-15H2,1-4H3,(H,26,29). The van der Waals surface area contributed by atoms with Gasteiger partial charge in [-0.25, -0.2) is 0 Å². The van der Waals surface area contributed by atoms with Gasteiger partial charge in [0.05, 0.1) is 19.1 Å². The maximum absolute atomic E-state index is 13.5. The van der Waals surface area contributed by atoms with Gasteiger partial charge in [-0.1, -0.05) is 24.3 Å². The van der Waals surface area contributed by atoms with E-state index in [0.717, 1.165) is 11.1 Å². The van der Waals surface area contributed by atoms with Gasteiger partial charge in [0.1, 0.15) is 17.9 Å². The summed E-state index contributed by atoms with van der Waals surface area (Å²) >= 11 is 0. The minimum absolute atomic E-state index is 0.0319. The van der Waals surface area contributed by atoms with E-state index in [1.807, 2.05) is 43.3 Å². The molecule has 3 aromatic rings. The molecule has 1 aliphatic rings. The van der Waals surface area contributed by atoms with Crippen LogP contribution in [0, 0.1) is 6.92 Å². The number of amides is 2. The molecule has 0 saturated heterocycles. The first-order valence-electron chi connectivity index (χ1n) is 10.8. The van der Waals surface area contributed by atoms with Gasteiger partial charge in [0.25, 0.3) is 5.91 Å². The van der Waals surface area contributed by atoms with E-state index in [4.69, 9.17) is 18.6 Å². The summed E-state index contributed by atoms with van der Waals surface area (Å²) in [6.07, 6.45) is 0. The molecule has 0 bridgehead atoms. The van der Waals surface area contributed by atoms with E-state index in [2.05, 4.69) is 5.32 Å². The Morgan fingerprint density at radius 1 is 1.21 bits per heavy atom. The molecule has 1 aliphatic heterocycles. The zero-order valence-electron chi connectivity index (χ0n) is 19.3. The Morgan fingerprint density at radius 2 is 2.00 bits per heavy atom. The van der Waals surface area contributed by atoms with E-state index in [-0.39, 0.29) is 38.0 Å². The third kappa shape index (κ3) is 4.14. The first-order valence-corrected chi connectivity index (χ1v) is 10.8. The second-order valence-corrected chi connectivity index (χ2v) is 8.27. The van der Waals surface area contributed by atoms with Crippen molar-refractivity contribution in [2.24, 2.45) is 0 Å². The number of hydrogen-bond acceptors (Lipinski definition) is 6. The third-order valence-corrected chi connectivity index (χ3v) is 5.97. The number of carbonyl (C=O) groups excluding carboxylic acids is 2. The molecule has 174 valence electrons. The Labute approximate surface area is 192 Å². The van der Waals surface area contributed by atoms with E-state index >= 15 is 0 Å². The van der Waals surface area contributed by atoms with Crippen molar-refractivity contribution in [1.29, 1.82) is 0 Å². The van der Waals surface area contributed by atoms with Gasteiger partial charge in [-0.3, -0.25) is 9.59 Å². The largest absolute Gasteiger partial charge is 0.496 e. The average molecular weight is 453 g/mol. The number of benzene rings is 2. The lowest BCUT2D eigenvalue weighted by Gasteiger charge is -2.37. The molecule has 2 heterocycles. The Morgan fingerprint density at radius 3 is 2.76 bits per heavy atom. The molecule has 0 fully saturated rings. The zero-order valence-corrected chi connectivity index (χ0v) is 19.3. The van der Waals surface area contributed by atoms with Crippen molar-refractivity contribution in [3.8, 4) is 11.5 Å². The van der Waals surface area contributed by atoms with E-state index in [9.17, 15) is 9.59 Å². The zero-order chi connectivity index (χ0) is 23.6. The second-order valence-electron chi connectivity index (χ2n) is 8.27. The maximum atomic E-state index is 13.5. The topological polar surface area (TPSA) is 90.2 Å². The molecule has 2 amide bonds. The first-order chi connectivity index (χ1) is 15.9. The SMILES string of the molecule is COCCN1C(=O)c2oc3ccccc3c2OCC1(C)C(=O)NCc1ccc(C)cc1OC. The van der Waals surface area contributed by atoms with E-state index in [0.29, 0.717) is 22.5 Å². The van der Waals surface area contributed by atoms with Crippen LogP contribution in [0.15, 0.2) is 46.9 Å². The summed E-state index contributed by atoms with van der Waals surface area (Å²) in [6, 6.07) is 13.1. The van der Waals surface area contributed by atoms with Crippen LogP contribution in [0.25, 0.3) is 11.0 Å². The van der Waals surface area contributed by atoms with Crippen LogP contribution in [-0.4, -0.2) is 56.2 Å². The van der Waals surface area contributed by atoms with Gasteiger partial charge in [-0.15, -0.1) is 0 Å². The van der Waals surface area contributed by atoms with Crippen LogP contribution >= 0.6 is 0 Å². The fourth-order valence-corrected chi connectivity index (χ4v) is 4.03. The molecule has 0 aliphatic carbocycles. The molecule has 2 aromatic carbocycles. The van der Waals surface area contributed by atoms with Crippen LogP contribution in [0.3, 0.4) is 0 Å². The van der Waals surface area contributed by atoms with Crippen LogP contribution in [0.2, 0.25) is 0 Å². The monoisotopic (exact) mass is 452 g/mol. The number of ether oxygens (including phenoxy) is 3. The Hall–Kier alpha value is -3.52. The predicted molar refractivity (Wildman–Crippen MR) is 123 cm³/mol. The molecule has 1 unspecified atom stereocenters. The Bertz CT molecular complexity index is 1190. The fourth-order valence-electron chi connectivity index (χ4n) is 4.03. The summed E-state index contributed by atoms with van der Waals surface area (Å²) in [6.45, 7) is 4.34. The van der Waals surface area contributed by atoms with Crippen LogP contribution in [0.4, 0.5) is 0 Å². The highest BCUT2D eigenvalue weighted by Crippen LogP contribution is 2.38. The highest BCUT2D eigenvalue weighted by molar-refractivity contribution is 6.04.